The van der Waals surface area contributed by atoms with E-state index in [0.29, 0.717) is 17.9 Å². The molecule has 0 aliphatic heterocycles. The Morgan fingerprint density at radius 3 is 1.39 bits per heavy atom. The van der Waals surface area contributed by atoms with Crippen molar-refractivity contribution >= 4 is 50.1 Å². The normalized spacial score (nSPS) is 23.0. The summed E-state index contributed by atoms with van der Waals surface area (Å²) in [5.41, 5.74) is 5.29. The van der Waals surface area contributed by atoms with Gasteiger partial charge >= 0.3 is 0 Å². The molecule has 6 heteroatoms. The summed E-state index contributed by atoms with van der Waals surface area (Å²) in [6.45, 7) is 4.05. The Kier molecular flexibility index (Phi) is 6.82. The molecule has 172 valence electrons. The zero-order valence-electron chi connectivity index (χ0n) is 19.2. The SMILES string of the molecule is COC1(C)C=Cc2ccc(OS)c(Cc3c(OS)ccc4c3C=CC(C)(OC)C=C4)c2C=C1. The Morgan fingerprint density at radius 2 is 1.03 bits per heavy atom. The van der Waals surface area contributed by atoms with E-state index in [1.165, 1.54) is 0 Å². The molecule has 2 aliphatic carbocycles. The van der Waals surface area contributed by atoms with Crippen LogP contribution in [-0.2, 0) is 15.9 Å². The van der Waals surface area contributed by atoms with Gasteiger partial charge in [-0.1, -0.05) is 36.4 Å². The predicted molar refractivity (Wildman–Crippen MR) is 142 cm³/mol. The smallest absolute Gasteiger partial charge is 0.141 e. The van der Waals surface area contributed by atoms with Crippen molar-refractivity contribution in [2.45, 2.75) is 31.5 Å². The minimum absolute atomic E-state index is 0.486. The van der Waals surface area contributed by atoms with Gasteiger partial charge in [-0.25, -0.2) is 0 Å². The zero-order valence-corrected chi connectivity index (χ0v) is 21.0. The molecule has 0 fully saturated rings. The van der Waals surface area contributed by atoms with Crippen LogP contribution in [0.15, 0.2) is 48.6 Å². The number of rotatable bonds is 6. The average molecular weight is 481 g/mol. The van der Waals surface area contributed by atoms with Gasteiger partial charge in [0.2, 0.25) is 0 Å². The molecule has 4 rings (SSSR count). The van der Waals surface area contributed by atoms with Gasteiger partial charge in [0, 0.05) is 57.6 Å². The highest BCUT2D eigenvalue weighted by Crippen LogP contribution is 2.39. The fraction of sp³-hybridized carbons (Fsp3) is 0.259. The van der Waals surface area contributed by atoms with Gasteiger partial charge in [-0.3, -0.25) is 0 Å². The zero-order chi connectivity index (χ0) is 23.6. The first kappa shape index (κ1) is 23.8. The fourth-order valence-electron chi connectivity index (χ4n) is 4.11. The van der Waals surface area contributed by atoms with Gasteiger partial charge in [0.05, 0.1) is 0 Å². The van der Waals surface area contributed by atoms with Crippen molar-refractivity contribution < 1.29 is 17.8 Å². The van der Waals surface area contributed by atoms with E-state index in [4.69, 9.17) is 17.8 Å². The summed E-state index contributed by atoms with van der Waals surface area (Å²) in [5, 5.41) is 0. The fourth-order valence-corrected chi connectivity index (χ4v) is 4.46. The molecule has 0 amide bonds. The van der Waals surface area contributed by atoms with Crippen LogP contribution in [0, 0.1) is 0 Å². The first-order valence-corrected chi connectivity index (χ1v) is 11.4. The number of hydrogen-bond donors (Lipinski definition) is 2. The Balaban J connectivity index is 1.89. The second-order valence-electron chi connectivity index (χ2n) is 8.56. The number of ether oxygens (including phenoxy) is 2. The molecule has 0 heterocycles. The lowest BCUT2D eigenvalue weighted by molar-refractivity contribution is 0.0920. The van der Waals surface area contributed by atoms with Crippen LogP contribution in [0.25, 0.3) is 24.3 Å². The standard InChI is InChI=1S/C27H28O4S2/c1-26(28-3)13-9-18-5-7-24(30-32)22(20(18)11-15-26)17-23-21-12-16-27(2,29-4)14-10-19(21)6-8-25(23)31-33/h5-16,32-33H,17H2,1-4H3. The summed E-state index contributed by atoms with van der Waals surface area (Å²) in [7, 11) is 3.41. The summed E-state index contributed by atoms with van der Waals surface area (Å²) < 4.78 is 22.3. The average Bonchev–Trinajstić information content (AvgIpc) is 3.12. The first-order chi connectivity index (χ1) is 15.8. The Bertz CT molecular complexity index is 1090. The Morgan fingerprint density at radius 1 is 0.636 bits per heavy atom. The molecule has 0 aromatic heterocycles. The summed E-state index contributed by atoms with van der Waals surface area (Å²) >= 11 is 8.28. The van der Waals surface area contributed by atoms with Crippen LogP contribution in [0.1, 0.15) is 47.2 Å². The summed E-state index contributed by atoms with van der Waals surface area (Å²) in [6.07, 6.45) is 17.1. The van der Waals surface area contributed by atoms with Crippen molar-refractivity contribution in [3.63, 3.8) is 0 Å². The molecule has 0 N–H and O–H groups in total. The third-order valence-corrected chi connectivity index (χ3v) is 6.87. The van der Waals surface area contributed by atoms with E-state index < -0.39 is 11.2 Å². The molecular weight excluding hydrogens is 452 g/mol. The van der Waals surface area contributed by atoms with Gasteiger partial charge in [-0.15, -0.1) is 0 Å². The van der Waals surface area contributed by atoms with Gasteiger partial charge in [0.25, 0.3) is 0 Å². The highest BCUT2D eigenvalue weighted by atomic mass is 32.1. The van der Waals surface area contributed by atoms with Gasteiger partial charge in [0.1, 0.15) is 22.7 Å². The number of thiol groups is 2. The van der Waals surface area contributed by atoms with Crippen molar-refractivity contribution in [2.24, 2.45) is 0 Å². The topological polar surface area (TPSA) is 36.9 Å². The van der Waals surface area contributed by atoms with Crippen molar-refractivity contribution in [3.8, 4) is 11.5 Å². The first-order valence-electron chi connectivity index (χ1n) is 10.7. The summed E-state index contributed by atoms with van der Waals surface area (Å²) in [6, 6.07) is 7.94. The molecule has 0 spiro atoms. The van der Waals surface area contributed by atoms with Gasteiger partial charge in [-0.05, 0) is 72.5 Å². The molecule has 0 saturated carbocycles. The predicted octanol–water partition coefficient (Wildman–Crippen LogP) is 6.61. The Labute approximate surface area is 206 Å². The molecule has 0 saturated heterocycles. The molecule has 2 atom stereocenters. The summed E-state index contributed by atoms with van der Waals surface area (Å²) in [5.74, 6) is 1.38. The van der Waals surface area contributed by atoms with Crippen molar-refractivity contribution in [1.29, 1.82) is 0 Å². The van der Waals surface area contributed by atoms with E-state index in [1.807, 2.05) is 38.1 Å². The van der Waals surface area contributed by atoms with Crippen LogP contribution in [0.3, 0.4) is 0 Å². The van der Waals surface area contributed by atoms with Crippen molar-refractivity contribution in [2.75, 3.05) is 14.2 Å². The number of fused-ring (bicyclic) bond motifs is 2. The van der Waals surface area contributed by atoms with Crippen LogP contribution in [0.5, 0.6) is 11.5 Å². The molecular formula is C27H28O4S2. The minimum atomic E-state index is -0.486. The monoisotopic (exact) mass is 480 g/mol. The number of benzene rings is 2. The lowest BCUT2D eigenvalue weighted by Gasteiger charge is -2.19. The molecule has 0 bridgehead atoms. The van der Waals surface area contributed by atoms with E-state index in [0.717, 1.165) is 33.4 Å². The number of methoxy groups -OCH3 is 2. The van der Waals surface area contributed by atoms with Gasteiger partial charge in [-0.2, -0.15) is 0 Å². The molecule has 4 nitrogen and oxygen atoms in total. The quantitative estimate of drug-likeness (QED) is 0.360. The van der Waals surface area contributed by atoms with E-state index in [2.05, 4.69) is 74.4 Å². The molecule has 2 unspecified atom stereocenters. The maximum Gasteiger partial charge on any atom is 0.141 e. The van der Waals surface area contributed by atoms with Gasteiger partial charge in [0.15, 0.2) is 0 Å². The van der Waals surface area contributed by atoms with E-state index >= 15 is 0 Å². The van der Waals surface area contributed by atoms with Crippen LogP contribution in [0.4, 0.5) is 0 Å². The van der Waals surface area contributed by atoms with Crippen molar-refractivity contribution in [3.05, 3.63) is 82.0 Å². The second-order valence-corrected chi connectivity index (χ2v) is 8.92. The van der Waals surface area contributed by atoms with Crippen LogP contribution in [0.2, 0.25) is 0 Å². The lowest BCUT2D eigenvalue weighted by Crippen LogP contribution is -2.19. The van der Waals surface area contributed by atoms with E-state index in [1.54, 1.807) is 14.2 Å². The Hall–Kier alpha value is -2.38. The maximum atomic E-state index is 5.68. The van der Waals surface area contributed by atoms with Crippen LogP contribution >= 0.6 is 25.8 Å². The number of hydrogen-bond acceptors (Lipinski definition) is 6. The van der Waals surface area contributed by atoms with E-state index in [-0.39, 0.29) is 0 Å². The van der Waals surface area contributed by atoms with E-state index in [9.17, 15) is 0 Å². The second kappa shape index (κ2) is 9.47. The van der Waals surface area contributed by atoms with Gasteiger partial charge < -0.3 is 17.8 Å². The minimum Gasteiger partial charge on any atom is -0.429 e. The largest absolute Gasteiger partial charge is 0.429 e. The molecule has 2 aliphatic rings. The van der Waals surface area contributed by atoms with Crippen molar-refractivity contribution in [1.82, 2.24) is 0 Å². The lowest BCUT2D eigenvalue weighted by atomic mass is 9.90. The maximum absolute atomic E-state index is 5.68. The summed E-state index contributed by atoms with van der Waals surface area (Å²) in [4.78, 5) is 0. The highest BCUT2D eigenvalue weighted by molar-refractivity contribution is 7.75. The third kappa shape index (κ3) is 4.66. The molecule has 2 aromatic rings. The highest BCUT2D eigenvalue weighted by Gasteiger charge is 2.24. The molecule has 0 radical (unpaired) electrons. The third-order valence-electron chi connectivity index (χ3n) is 6.48. The van der Waals surface area contributed by atoms with Crippen LogP contribution in [-0.4, -0.2) is 25.4 Å². The molecule has 2 aromatic carbocycles. The van der Waals surface area contributed by atoms with Crippen LogP contribution < -0.4 is 8.37 Å². The molecule has 33 heavy (non-hydrogen) atoms.